The van der Waals surface area contributed by atoms with E-state index in [4.69, 9.17) is 23.2 Å². The van der Waals surface area contributed by atoms with Crippen molar-refractivity contribution in [3.8, 4) is 0 Å². The molecule has 0 fully saturated rings. The number of rotatable bonds is 3. The Hall–Kier alpha value is -1.59. The van der Waals surface area contributed by atoms with Crippen LogP contribution in [0.5, 0.6) is 0 Å². The summed E-state index contributed by atoms with van der Waals surface area (Å²) >= 11 is 11.6. The number of carbonyl (C=O) groups excluding carboxylic acids is 1. The minimum Gasteiger partial charge on any atom is -0.506 e. The number of aliphatic imine (C=N–C) groups is 1. The maximum Gasteiger partial charge on any atom is 0.343 e. The molecule has 1 aliphatic rings. The summed E-state index contributed by atoms with van der Waals surface area (Å²) in [6, 6.07) is 2.13. The first kappa shape index (κ1) is 15.8. The number of aliphatic hydroxyl groups is 1. The van der Waals surface area contributed by atoms with Crippen LogP contribution in [0.3, 0.4) is 0 Å². The molecule has 1 aromatic carbocycles. The van der Waals surface area contributed by atoms with Crippen molar-refractivity contribution in [3.63, 3.8) is 0 Å². The van der Waals surface area contributed by atoms with Gasteiger partial charge >= 0.3 is 5.97 Å². The quantitative estimate of drug-likeness (QED) is 0.396. The van der Waals surface area contributed by atoms with Gasteiger partial charge in [0.2, 0.25) is 0 Å². The molecule has 0 saturated heterocycles. The molecule has 21 heavy (non-hydrogen) atoms. The van der Waals surface area contributed by atoms with Gasteiger partial charge in [-0.1, -0.05) is 23.2 Å². The predicted octanol–water partition coefficient (Wildman–Crippen LogP) is 3.81. The number of methoxy groups -OCH3 is 1. The van der Waals surface area contributed by atoms with Gasteiger partial charge in [-0.3, -0.25) is 4.99 Å². The van der Waals surface area contributed by atoms with Gasteiger partial charge < -0.3 is 9.84 Å². The Balaban J connectivity index is 2.61. The SMILES string of the molecule is COC(=O)/C(C1=NCCC1)=C(\O)c1cc(F)c(Cl)cc1Cl. The van der Waals surface area contributed by atoms with Crippen LogP contribution in [-0.2, 0) is 9.53 Å². The molecule has 0 unspecified atom stereocenters. The van der Waals surface area contributed by atoms with Gasteiger partial charge in [0.25, 0.3) is 0 Å². The van der Waals surface area contributed by atoms with E-state index >= 15 is 0 Å². The molecule has 0 aromatic heterocycles. The van der Waals surface area contributed by atoms with Gasteiger partial charge in [0, 0.05) is 12.1 Å². The molecular formula is C14H12Cl2FNO3. The number of carbonyl (C=O) groups is 1. The van der Waals surface area contributed by atoms with E-state index < -0.39 is 17.5 Å². The zero-order chi connectivity index (χ0) is 15.6. The highest BCUT2D eigenvalue weighted by molar-refractivity contribution is 6.36. The Morgan fingerprint density at radius 3 is 2.67 bits per heavy atom. The van der Waals surface area contributed by atoms with Gasteiger partial charge in [-0.15, -0.1) is 0 Å². The largest absolute Gasteiger partial charge is 0.506 e. The van der Waals surface area contributed by atoms with E-state index in [9.17, 15) is 14.3 Å². The molecule has 1 heterocycles. The highest BCUT2D eigenvalue weighted by Crippen LogP contribution is 2.31. The predicted molar refractivity (Wildman–Crippen MR) is 79.5 cm³/mol. The topological polar surface area (TPSA) is 58.9 Å². The fourth-order valence-electron chi connectivity index (χ4n) is 2.04. The van der Waals surface area contributed by atoms with E-state index in [1.54, 1.807) is 0 Å². The van der Waals surface area contributed by atoms with Gasteiger partial charge in [0.05, 0.1) is 22.9 Å². The second-order valence-electron chi connectivity index (χ2n) is 4.39. The molecule has 0 spiro atoms. The Bertz CT molecular complexity index is 656. The number of nitrogens with zero attached hydrogens (tertiary/aromatic N) is 1. The molecule has 0 atom stereocenters. The number of aliphatic hydroxyl groups excluding tert-OH is 1. The Labute approximate surface area is 130 Å². The first-order chi connectivity index (χ1) is 9.95. The Morgan fingerprint density at radius 2 is 2.10 bits per heavy atom. The van der Waals surface area contributed by atoms with Crippen LogP contribution < -0.4 is 0 Å². The van der Waals surface area contributed by atoms with Crippen LogP contribution >= 0.6 is 23.2 Å². The third kappa shape index (κ3) is 3.19. The minimum atomic E-state index is -0.750. The third-order valence-electron chi connectivity index (χ3n) is 3.05. The maximum absolute atomic E-state index is 13.6. The summed E-state index contributed by atoms with van der Waals surface area (Å²) in [5.41, 5.74) is 0.290. The van der Waals surface area contributed by atoms with Crippen molar-refractivity contribution in [2.24, 2.45) is 4.99 Å². The van der Waals surface area contributed by atoms with E-state index in [1.165, 1.54) is 7.11 Å². The smallest absolute Gasteiger partial charge is 0.343 e. The standard InChI is InChI=1S/C14H12Cl2FNO3/c1-21-14(20)12(11-3-2-4-18-11)13(19)7-5-10(17)9(16)6-8(7)15/h5-6,19H,2-4H2,1H3/b13-12-. The van der Waals surface area contributed by atoms with Gasteiger partial charge in [-0.05, 0) is 25.0 Å². The molecule has 7 heteroatoms. The fourth-order valence-corrected chi connectivity index (χ4v) is 2.51. The molecule has 0 radical (unpaired) electrons. The first-order valence-electron chi connectivity index (χ1n) is 6.16. The molecule has 0 saturated carbocycles. The lowest BCUT2D eigenvalue weighted by Gasteiger charge is -2.11. The van der Waals surface area contributed by atoms with E-state index in [0.29, 0.717) is 18.7 Å². The zero-order valence-electron chi connectivity index (χ0n) is 11.1. The fraction of sp³-hybridized carbons (Fsp3) is 0.286. The summed E-state index contributed by atoms with van der Waals surface area (Å²) in [7, 11) is 1.19. The van der Waals surface area contributed by atoms with Gasteiger partial charge in [0.15, 0.2) is 0 Å². The molecule has 1 aliphatic heterocycles. The molecule has 4 nitrogen and oxygen atoms in total. The second-order valence-corrected chi connectivity index (χ2v) is 5.21. The average molecular weight is 332 g/mol. The van der Waals surface area contributed by atoms with E-state index in [-0.39, 0.29) is 21.2 Å². The van der Waals surface area contributed by atoms with Crippen LogP contribution in [0.25, 0.3) is 5.76 Å². The normalized spacial score (nSPS) is 15.5. The van der Waals surface area contributed by atoms with Gasteiger partial charge in [0.1, 0.15) is 17.1 Å². The molecule has 112 valence electrons. The van der Waals surface area contributed by atoms with E-state index in [0.717, 1.165) is 18.6 Å². The van der Waals surface area contributed by atoms with Crippen LogP contribution in [0.2, 0.25) is 10.0 Å². The molecule has 0 bridgehead atoms. The molecule has 1 N–H and O–H groups in total. The van der Waals surface area contributed by atoms with Crippen molar-refractivity contribution in [2.75, 3.05) is 13.7 Å². The molecule has 0 amide bonds. The van der Waals surface area contributed by atoms with Crippen molar-refractivity contribution in [3.05, 3.63) is 39.1 Å². The highest BCUT2D eigenvalue weighted by Gasteiger charge is 2.26. The number of esters is 1. The van der Waals surface area contributed by atoms with Crippen LogP contribution in [0, 0.1) is 5.82 Å². The number of hydrogen-bond donors (Lipinski definition) is 1. The Morgan fingerprint density at radius 1 is 1.38 bits per heavy atom. The second kappa shape index (κ2) is 6.45. The summed E-state index contributed by atoms with van der Waals surface area (Å²) in [6.45, 7) is 0.561. The lowest BCUT2D eigenvalue weighted by molar-refractivity contribution is -0.135. The average Bonchev–Trinajstić information content (AvgIpc) is 2.96. The van der Waals surface area contributed by atoms with Crippen LogP contribution in [0.1, 0.15) is 18.4 Å². The summed E-state index contributed by atoms with van der Waals surface area (Å²) in [4.78, 5) is 16.0. The first-order valence-corrected chi connectivity index (χ1v) is 6.91. The lowest BCUT2D eigenvalue weighted by Crippen LogP contribution is -2.15. The van der Waals surface area contributed by atoms with E-state index in [1.807, 2.05) is 0 Å². The molecule has 1 aromatic rings. The van der Waals surface area contributed by atoms with Crippen LogP contribution in [0.4, 0.5) is 4.39 Å². The monoisotopic (exact) mass is 331 g/mol. The molecule has 0 aliphatic carbocycles. The minimum absolute atomic E-state index is 0.0268. The number of ether oxygens (including phenoxy) is 1. The third-order valence-corrected chi connectivity index (χ3v) is 3.66. The number of hydrogen-bond acceptors (Lipinski definition) is 4. The van der Waals surface area contributed by atoms with Crippen LogP contribution in [0.15, 0.2) is 22.7 Å². The van der Waals surface area contributed by atoms with Crippen molar-refractivity contribution < 1.29 is 19.0 Å². The van der Waals surface area contributed by atoms with Crippen molar-refractivity contribution >= 4 is 40.6 Å². The summed E-state index contributed by atoms with van der Waals surface area (Å²) in [5, 5.41) is 10.2. The van der Waals surface area contributed by atoms with Gasteiger partial charge in [-0.2, -0.15) is 0 Å². The summed E-state index contributed by atoms with van der Waals surface area (Å²) < 4.78 is 18.2. The van der Waals surface area contributed by atoms with Crippen molar-refractivity contribution in [1.29, 1.82) is 0 Å². The maximum atomic E-state index is 13.6. The van der Waals surface area contributed by atoms with Crippen LogP contribution in [-0.4, -0.2) is 30.4 Å². The summed E-state index contributed by atoms with van der Waals surface area (Å²) in [5.74, 6) is -1.97. The van der Waals surface area contributed by atoms with Gasteiger partial charge in [-0.25, -0.2) is 9.18 Å². The summed E-state index contributed by atoms with van der Waals surface area (Å²) in [6.07, 6.45) is 1.30. The number of halogens is 3. The van der Waals surface area contributed by atoms with E-state index in [2.05, 4.69) is 9.73 Å². The molecule has 2 rings (SSSR count). The van der Waals surface area contributed by atoms with Crippen molar-refractivity contribution in [2.45, 2.75) is 12.8 Å². The Kier molecular flexibility index (Phi) is 4.85. The van der Waals surface area contributed by atoms with Crippen molar-refractivity contribution in [1.82, 2.24) is 0 Å². The highest BCUT2D eigenvalue weighted by atomic mass is 35.5. The number of benzene rings is 1. The lowest BCUT2D eigenvalue weighted by atomic mass is 10.0. The zero-order valence-corrected chi connectivity index (χ0v) is 12.6. The molecular weight excluding hydrogens is 320 g/mol.